The predicted octanol–water partition coefficient (Wildman–Crippen LogP) is 3.11. The highest BCUT2D eigenvalue weighted by atomic mass is 19.1. The van der Waals surface area contributed by atoms with Crippen molar-refractivity contribution < 1.29 is 13.5 Å². The van der Waals surface area contributed by atoms with Crippen LogP contribution in [0.5, 0.6) is 5.75 Å². The van der Waals surface area contributed by atoms with E-state index in [-0.39, 0.29) is 6.04 Å². The summed E-state index contributed by atoms with van der Waals surface area (Å²) in [5, 5.41) is 0. The Bertz CT molecular complexity index is 605. The molecule has 0 aliphatic heterocycles. The average Bonchev–Trinajstić information content (AvgIpc) is 2.47. The van der Waals surface area contributed by atoms with Crippen LogP contribution in [0.15, 0.2) is 42.5 Å². The number of hydrogen-bond acceptors (Lipinski definition) is 3. The molecule has 0 fully saturated rings. The van der Waals surface area contributed by atoms with E-state index in [1.54, 1.807) is 0 Å². The molecule has 0 saturated heterocycles. The number of nitrogens with two attached hydrogens (primary N) is 1. The molecular weight excluding hydrogens is 274 g/mol. The Balaban J connectivity index is 2.21. The molecule has 21 heavy (non-hydrogen) atoms. The normalized spacial score (nSPS) is 12.2. The molecule has 1 atom stereocenters. The van der Waals surface area contributed by atoms with E-state index in [4.69, 9.17) is 10.6 Å². The van der Waals surface area contributed by atoms with Crippen molar-refractivity contribution in [1.29, 1.82) is 0 Å². The van der Waals surface area contributed by atoms with E-state index in [1.165, 1.54) is 12.1 Å². The molecule has 2 rings (SSSR count). The van der Waals surface area contributed by atoms with Gasteiger partial charge in [-0.05, 0) is 42.7 Å². The third kappa shape index (κ3) is 4.00. The van der Waals surface area contributed by atoms with Crippen LogP contribution in [0.1, 0.15) is 24.1 Å². The molecule has 112 valence electrons. The molecule has 5 heteroatoms. The second-order valence-electron chi connectivity index (χ2n) is 4.66. The fraction of sp³-hybridized carbons (Fsp3) is 0.250. The van der Waals surface area contributed by atoms with Crippen molar-refractivity contribution in [2.45, 2.75) is 19.4 Å². The van der Waals surface area contributed by atoms with Crippen LogP contribution < -0.4 is 16.0 Å². The molecule has 0 amide bonds. The van der Waals surface area contributed by atoms with Crippen LogP contribution in [-0.2, 0) is 6.42 Å². The molecule has 3 nitrogen and oxygen atoms in total. The summed E-state index contributed by atoms with van der Waals surface area (Å²) in [5.41, 5.74) is 3.95. The first-order valence-corrected chi connectivity index (χ1v) is 6.77. The van der Waals surface area contributed by atoms with Crippen LogP contribution in [0.25, 0.3) is 0 Å². The molecule has 2 aromatic rings. The van der Waals surface area contributed by atoms with Crippen LogP contribution in [0.2, 0.25) is 0 Å². The number of benzene rings is 2. The van der Waals surface area contributed by atoms with Crippen LogP contribution in [0.3, 0.4) is 0 Å². The number of hydrogen-bond donors (Lipinski definition) is 2. The summed E-state index contributed by atoms with van der Waals surface area (Å²) < 4.78 is 32.1. The molecule has 3 N–H and O–H groups in total. The predicted molar refractivity (Wildman–Crippen MR) is 77.7 cm³/mol. The Morgan fingerprint density at radius 3 is 2.67 bits per heavy atom. The Hall–Kier alpha value is -1.98. The van der Waals surface area contributed by atoms with E-state index in [9.17, 15) is 8.78 Å². The number of hydrazine groups is 1. The molecule has 2 aromatic carbocycles. The summed E-state index contributed by atoms with van der Waals surface area (Å²) in [4.78, 5) is 0. The number of rotatable bonds is 6. The van der Waals surface area contributed by atoms with E-state index in [1.807, 2.05) is 31.2 Å². The first kappa shape index (κ1) is 15.4. The third-order valence-electron chi connectivity index (χ3n) is 3.21. The highest BCUT2D eigenvalue weighted by molar-refractivity contribution is 5.32. The van der Waals surface area contributed by atoms with Gasteiger partial charge in [0, 0.05) is 6.07 Å². The zero-order valence-corrected chi connectivity index (χ0v) is 11.8. The van der Waals surface area contributed by atoms with Crippen LogP contribution in [0.4, 0.5) is 8.78 Å². The van der Waals surface area contributed by atoms with Gasteiger partial charge in [-0.25, -0.2) is 8.78 Å². The van der Waals surface area contributed by atoms with Crippen molar-refractivity contribution in [3.05, 3.63) is 65.2 Å². The van der Waals surface area contributed by atoms with Gasteiger partial charge in [0.05, 0.1) is 12.6 Å². The summed E-state index contributed by atoms with van der Waals surface area (Å²) in [5.74, 6) is 5.14. The standard InChI is InChI=1S/C16H18F2N2O/c1-2-21-14-5-3-4-12(8-14)16(20-19)9-11-6-7-13(17)10-15(11)18/h3-8,10,16,20H,2,9,19H2,1H3. The molecular formula is C16H18F2N2O. The molecule has 0 heterocycles. The maximum absolute atomic E-state index is 13.7. The SMILES string of the molecule is CCOc1cccc(C(Cc2ccc(F)cc2F)NN)c1. The second-order valence-corrected chi connectivity index (χ2v) is 4.66. The van der Waals surface area contributed by atoms with Crippen molar-refractivity contribution in [1.82, 2.24) is 5.43 Å². The Morgan fingerprint density at radius 1 is 1.19 bits per heavy atom. The maximum atomic E-state index is 13.7. The van der Waals surface area contributed by atoms with Crippen LogP contribution in [-0.4, -0.2) is 6.61 Å². The highest BCUT2D eigenvalue weighted by Gasteiger charge is 2.14. The number of halogens is 2. The molecule has 1 unspecified atom stereocenters. The zero-order valence-electron chi connectivity index (χ0n) is 11.8. The largest absolute Gasteiger partial charge is 0.494 e. The minimum Gasteiger partial charge on any atom is -0.494 e. The monoisotopic (exact) mass is 292 g/mol. The van der Waals surface area contributed by atoms with E-state index >= 15 is 0 Å². The van der Waals surface area contributed by atoms with Crippen molar-refractivity contribution >= 4 is 0 Å². The Kier molecular flexibility index (Phi) is 5.25. The summed E-state index contributed by atoms with van der Waals surface area (Å²) in [6.07, 6.45) is 0.318. The molecule has 0 aliphatic rings. The van der Waals surface area contributed by atoms with Gasteiger partial charge in [-0.2, -0.15) is 0 Å². The molecule has 0 bridgehead atoms. The van der Waals surface area contributed by atoms with Crippen molar-refractivity contribution in [2.75, 3.05) is 6.61 Å². The maximum Gasteiger partial charge on any atom is 0.129 e. The van der Waals surface area contributed by atoms with E-state index in [0.717, 1.165) is 17.4 Å². The summed E-state index contributed by atoms with van der Waals surface area (Å²) in [7, 11) is 0. The van der Waals surface area contributed by atoms with Crippen molar-refractivity contribution in [2.24, 2.45) is 5.84 Å². The topological polar surface area (TPSA) is 47.3 Å². The summed E-state index contributed by atoms with van der Waals surface area (Å²) >= 11 is 0. The average molecular weight is 292 g/mol. The van der Waals surface area contributed by atoms with Gasteiger partial charge >= 0.3 is 0 Å². The minimum atomic E-state index is -0.591. The lowest BCUT2D eigenvalue weighted by molar-refractivity contribution is 0.339. The lowest BCUT2D eigenvalue weighted by atomic mass is 9.99. The first-order valence-electron chi connectivity index (χ1n) is 6.77. The molecule has 0 saturated carbocycles. The third-order valence-corrected chi connectivity index (χ3v) is 3.21. The van der Waals surface area contributed by atoms with E-state index < -0.39 is 11.6 Å². The van der Waals surface area contributed by atoms with E-state index in [2.05, 4.69) is 5.43 Å². The van der Waals surface area contributed by atoms with Gasteiger partial charge in [0.25, 0.3) is 0 Å². The first-order chi connectivity index (χ1) is 10.1. The molecule has 0 radical (unpaired) electrons. The lowest BCUT2D eigenvalue weighted by Crippen LogP contribution is -2.29. The smallest absolute Gasteiger partial charge is 0.129 e. The van der Waals surface area contributed by atoms with Gasteiger partial charge in [-0.3, -0.25) is 11.3 Å². The lowest BCUT2D eigenvalue weighted by Gasteiger charge is -2.18. The van der Waals surface area contributed by atoms with Crippen LogP contribution in [0, 0.1) is 11.6 Å². The highest BCUT2D eigenvalue weighted by Crippen LogP contribution is 2.23. The van der Waals surface area contributed by atoms with Gasteiger partial charge in [-0.15, -0.1) is 0 Å². The molecule has 0 spiro atoms. The minimum absolute atomic E-state index is 0.287. The van der Waals surface area contributed by atoms with Gasteiger partial charge in [-0.1, -0.05) is 18.2 Å². The number of nitrogens with one attached hydrogen (secondary N) is 1. The Labute approximate surface area is 122 Å². The van der Waals surface area contributed by atoms with E-state index in [0.29, 0.717) is 18.6 Å². The van der Waals surface area contributed by atoms with Crippen molar-refractivity contribution in [3.8, 4) is 5.75 Å². The second kappa shape index (κ2) is 7.15. The van der Waals surface area contributed by atoms with Gasteiger partial charge < -0.3 is 4.74 Å². The summed E-state index contributed by atoms with van der Waals surface area (Å²) in [6.45, 7) is 2.47. The van der Waals surface area contributed by atoms with Gasteiger partial charge in [0.2, 0.25) is 0 Å². The van der Waals surface area contributed by atoms with Crippen molar-refractivity contribution in [3.63, 3.8) is 0 Å². The summed E-state index contributed by atoms with van der Waals surface area (Å²) in [6, 6.07) is 10.7. The fourth-order valence-corrected chi connectivity index (χ4v) is 2.17. The molecule has 0 aromatic heterocycles. The fourth-order valence-electron chi connectivity index (χ4n) is 2.17. The van der Waals surface area contributed by atoms with Gasteiger partial charge in [0.1, 0.15) is 17.4 Å². The van der Waals surface area contributed by atoms with Crippen LogP contribution >= 0.6 is 0 Å². The zero-order chi connectivity index (χ0) is 15.2. The quantitative estimate of drug-likeness (QED) is 0.635. The number of ether oxygens (including phenoxy) is 1. The Morgan fingerprint density at radius 2 is 2.00 bits per heavy atom. The van der Waals surface area contributed by atoms with Gasteiger partial charge in [0.15, 0.2) is 0 Å². The molecule has 0 aliphatic carbocycles.